The summed E-state index contributed by atoms with van der Waals surface area (Å²) in [4.78, 5) is 27.9. The summed E-state index contributed by atoms with van der Waals surface area (Å²) >= 11 is 1.48. The first-order valence-electron chi connectivity index (χ1n) is 7.06. The highest BCUT2D eigenvalue weighted by Crippen LogP contribution is 2.21. The van der Waals surface area contributed by atoms with E-state index in [1.54, 1.807) is 6.07 Å². The molecule has 24 heavy (non-hydrogen) atoms. The monoisotopic (exact) mass is 344 g/mol. The Hall–Kier alpha value is -2.77. The minimum Gasteiger partial charge on any atom is -0.392 e. The molecule has 3 aromatic rings. The molecule has 7 heteroatoms. The van der Waals surface area contributed by atoms with Gasteiger partial charge in [0.1, 0.15) is 11.4 Å². The van der Waals surface area contributed by atoms with Crippen molar-refractivity contribution in [2.75, 3.05) is 5.32 Å². The molecule has 0 saturated heterocycles. The Morgan fingerprint density at radius 3 is 2.75 bits per heavy atom. The minimum absolute atomic E-state index is 0.0508. The summed E-state index contributed by atoms with van der Waals surface area (Å²) in [6.45, 7) is -0.481. The fraction of sp³-hybridized carbons (Fsp3) is 0.0588. The summed E-state index contributed by atoms with van der Waals surface area (Å²) in [5, 5.41) is 13.5. The minimum atomic E-state index is -0.607. The molecule has 0 saturated carbocycles. The first kappa shape index (κ1) is 16.1. The van der Waals surface area contributed by atoms with Crippen LogP contribution in [-0.2, 0) is 6.61 Å². The van der Waals surface area contributed by atoms with E-state index < -0.39 is 23.9 Å². The van der Waals surface area contributed by atoms with E-state index in [-0.39, 0.29) is 11.1 Å². The Morgan fingerprint density at radius 2 is 2.08 bits per heavy atom. The number of hydrogen-bond donors (Lipinski definition) is 3. The van der Waals surface area contributed by atoms with Gasteiger partial charge in [-0.05, 0) is 41.8 Å². The van der Waals surface area contributed by atoms with Gasteiger partial charge in [0, 0.05) is 11.3 Å². The summed E-state index contributed by atoms with van der Waals surface area (Å²) in [6, 6.07) is 10.7. The Labute approximate surface area is 140 Å². The fourth-order valence-electron chi connectivity index (χ4n) is 2.20. The lowest BCUT2D eigenvalue weighted by Gasteiger charge is -2.07. The fourth-order valence-corrected chi connectivity index (χ4v) is 2.91. The van der Waals surface area contributed by atoms with Crippen LogP contribution in [-0.4, -0.2) is 16.0 Å². The number of amides is 1. The summed E-state index contributed by atoms with van der Waals surface area (Å²) in [6.07, 6.45) is 0. The van der Waals surface area contributed by atoms with Crippen LogP contribution in [0.4, 0.5) is 10.1 Å². The Balaban J connectivity index is 1.84. The van der Waals surface area contributed by atoms with Crippen molar-refractivity contribution in [2.24, 2.45) is 0 Å². The summed E-state index contributed by atoms with van der Waals surface area (Å²) in [5.74, 6) is -1.17. The number of aliphatic hydroxyl groups is 1. The third kappa shape index (κ3) is 3.27. The molecule has 0 aliphatic rings. The second kappa shape index (κ2) is 6.77. The van der Waals surface area contributed by atoms with E-state index >= 15 is 0 Å². The van der Waals surface area contributed by atoms with Crippen molar-refractivity contribution >= 4 is 22.9 Å². The van der Waals surface area contributed by atoms with Crippen molar-refractivity contribution in [1.82, 2.24) is 4.98 Å². The number of carbonyl (C=O) groups excluding carboxylic acids is 1. The number of benzene rings is 1. The molecule has 1 amide bonds. The molecule has 122 valence electrons. The van der Waals surface area contributed by atoms with Gasteiger partial charge < -0.3 is 15.4 Å². The van der Waals surface area contributed by atoms with Gasteiger partial charge in [-0.3, -0.25) is 9.59 Å². The first-order valence-corrected chi connectivity index (χ1v) is 7.94. The predicted octanol–water partition coefficient (Wildman–Crippen LogP) is 2.99. The van der Waals surface area contributed by atoms with Gasteiger partial charge in [0.05, 0.1) is 17.2 Å². The average Bonchev–Trinajstić information content (AvgIpc) is 3.11. The third-order valence-electron chi connectivity index (χ3n) is 3.41. The molecule has 0 atom stereocenters. The lowest BCUT2D eigenvalue weighted by Crippen LogP contribution is -2.23. The zero-order valence-corrected chi connectivity index (χ0v) is 13.2. The Morgan fingerprint density at radius 1 is 1.25 bits per heavy atom. The molecule has 0 spiro atoms. The average molecular weight is 344 g/mol. The van der Waals surface area contributed by atoms with Gasteiger partial charge in [0.25, 0.3) is 11.5 Å². The molecule has 3 N–H and O–H groups in total. The van der Waals surface area contributed by atoms with E-state index in [1.807, 2.05) is 17.5 Å². The number of carbonyl (C=O) groups is 1. The second-order valence-electron chi connectivity index (χ2n) is 5.01. The molecule has 1 aromatic carbocycles. The molecule has 0 aliphatic carbocycles. The van der Waals surface area contributed by atoms with Crippen LogP contribution in [0.15, 0.2) is 52.6 Å². The number of H-pyrrole nitrogens is 1. The maximum Gasteiger partial charge on any atom is 0.261 e. The first-order chi connectivity index (χ1) is 11.6. The summed E-state index contributed by atoms with van der Waals surface area (Å²) in [5.41, 5.74) is 0.436. The molecule has 0 aliphatic heterocycles. The number of nitrogens with one attached hydrogen (secondary N) is 2. The number of pyridine rings is 1. The number of hydrogen-bond acceptors (Lipinski definition) is 4. The van der Waals surface area contributed by atoms with Gasteiger partial charge in [0.2, 0.25) is 0 Å². The molecular formula is C17H13FN2O3S. The lowest BCUT2D eigenvalue weighted by atomic mass is 10.1. The van der Waals surface area contributed by atoms with Crippen molar-refractivity contribution in [1.29, 1.82) is 0 Å². The van der Waals surface area contributed by atoms with E-state index in [1.165, 1.54) is 29.5 Å². The maximum atomic E-state index is 13.3. The van der Waals surface area contributed by atoms with Crippen molar-refractivity contribution < 1.29 is 14.3 Å². The number of rotatable bonds is 4. The van der Waals surface area contributed by atoms with Gasteiger partial charge in [-0.1, -0.05) is 6.07 Å². The van der Waals surface area contributed by atoms with Crippen LogP contribution in [0.5, 0.6) is 0 Å². The number of anilines is 1. The SMILES string of the molecule is O=C(Nc1ccc(F)c(CO)c1)c1ccc(-c2cccs2)[nH]c1=O. The zero-order chi connectivity index (χ0) is 17.1. The zero-order valence-electron chi connectivity index (χ0n) is 12.4. The molecule has 0 radical (unpaired) electrons. The lowest BCUT2D eigenvalue weighted by molar-refractivity contribution is 0.102. The molecule has 0 unspecified atom stereocenters. The van der Waals surface area contributed by atoms with Crippen LogP contribution in [0.3, 0.4) is 0 Å². The van der Waals surface area contributed by atoms with Gasteiger partial charge >= 0.3 is 0 Å². The Kier molecular flexibility index (Phi) is 4.54. The summed E-state index contributed by atoms with van der Waals surface area (Å²) < 4.78 is 13.3. The highest BCUT2D eigenvalue weighted by Gasteiger charge is 2.13. The van der Waals surface area contributed by atoms with Crippen LogP contribution in [0.2, 0.25) is 0 Å². The van der Waals surface area contributed by atoms with Crippen LogP contribution < -0.4 is 10.9 Å². The van der Waals surface area contributed by atoms with E-state index in [9.17, 15) is 14.0 Å². The van der Waals surface area contributed by atoms with E-state index in [0.29, 0.717) is 11.4 Å². The molecule has 3 rings (SSSR count). The molecular weight excluding hydrogens is 331 g/mol. The predicted molar refractivity (Wildman–Crippen MR) is 90.7 cm³/mol. The van der Waals surface area contributed by atoms with Gasteiger partial charge in [-0.25, -0.2) is 4.39 Å². The number of thiophene rings is 1. The highest BCUT2D eigenvalue weighted by molar-refractivity contribution is 7.13. The van der Waals surface area contributed by atoms with Crippen molar-refractivity contribution in [2.45, 2.75) is 6.61 Å². The number of aromatic nitrogens is 1. The van der Waals surface area contributed by atoms with Crippen molar-refractivity contribution in [3.05, 3.63) is 75.1 Å². The van der Waals surface area contributed by atoms with Crippen LogP contribution in [0.1, 0.15) is 15.9 Å². The smallest absolute Gasteiger partial charge is 0.261 e. The van der Waals surface area contributed by atoms with Gasteiger partial charge in [0.15, 0.2) is 0 Å². The Bertz CT molecular complexity index is 935. The normalized spacial score (nSPS) is 10.6. The van der Waals surface area contributed by atoms with E-state index in [4.69, 9.17) is 5.11 Å². The number of halogens is 1. The van der Waals surface area contributed by atoms with E-state index in [0.717, 1.165) is 10.9 Å². The van der Waals surface area contributed by atoms with Crippen molar-refractivity contribution in [3.8, 4) is 10.6 Å². The van der Waals surface area contributed by atoms with Crippen LogP contribution in [0, 0.1) is 5.82 Å². The maximum absolute atomic E-state index is 13.3. The van der Waals surface area contributed by atoms with Crippen LogP contribution in [0.25, 0.3) is 10.6 Å². The van der Waals surface area contributed by atoms with Gasteiger partial charge in [-0.2, -0.15) is 0 Å². The summed E-state index contributed by atoms with van der Waals surface area (Å²) in [7, 11) is 0. The molecule has 5 nitrogen and oxygen atoms in total. The van der Waals surface area contributed by atoms with Crippen LogP contribution >= 0.6 is 11.3 Å². The quantitative estimate of drug-likeness (QED) is 0.680. The van der Waals surface area contributed by atoms with Crippen molar-refractivity contribution in [3.63, 3.8) is 0 Å². The van der Waals surface area contributed by atoms with Gasteiger partial charge in [-0.15, -0.1) is 11.3 Å². The molecule has 2 heterocycles. The topological polar surface area (TPSA) is 82.2 Å². The second-order valence-corrected chi connectivity index (χ2v) is 5.96. The molecule has 0 fully saturated rings. The largest absolute Gasteiger partial charge is 0.392 e. The van der Waals surface area contributed by atoms with E-state index in [2.05, 4.69) is 10.3 Å². The number of aromatic amines is 1. The molecule has 0 bridgehead atoms. The standard InChI is InChI=1S/C17H13FN2O3S/c18-13-5-3-11(8-10(13)9-21)19-16(22)12-4-6-14(20-17(12)23)15-2-1-7-24-15/h1-8,21H,9H2,(H,19,22)(H,20,23). The number of aliphatic hydroxyl groups excluding tert-OH is 1. The highest BCUT2D eigenvalue weighted by atomic mass is 32.1. The molecule has 2 aromatic heterocycles. The third-order valence-corrected chi connectivity index (χ3v) is 4.32.